The van der Waals surface area contributed by atoms with Gasteiger partial charge in [0, 0.05) is 32.6 Å². The summed E-state index contributed by atoms with van der Waals surface area (Å²) in [7, 11) is 4.33. The molecule has 5 aliphatic rings. The van der Waals surface area contributed by atoms with Gasteiger partial charge in [0.2, 0.25) is 11.8 Å². The molecule has 0 aromatic rings. The highest BCUT2D eigenvalue weighted by Gasteiger charge is 2.64. The molecule has 4 aliphatic carbocycles. The number of fused-ring (bicyclic) bond motifs is 4. The molecule has 1 unspecified atom stereocenters. The van der Waals surface area contributed by atoms with Crippen LogP contribution in [0.4, 0.5) is 0 Å². The van der Waals surface area contributed by atoms with Crippen LogP contribution >= 0.6 is 0 Å². The summed E-state index contributed by atoms with van der Waals surface area (Å²) in [5, 5.41) is 2.93. The van der Waals surface area contributed by atoms with Crippen molar-refractivity contribution in [3.05, 3.63) is 11.6 Å². The van der Waals surface area contributed by atoms with Crippen LogP contribution in [0.3, 0.4) is 0 Å². The predicted octanol–water partition coefficient (Wildman–Crippen LogP) is 5.26. The molecule has 2 amide bonds. The first-order chi connectivity index (χ1) is 17.0. The SMILES string of the molecule is CC(=O)N[C@@H](CC(C)C)C(=O)N(C)[C@H]1CC[C@@]2(C)C(=CC[C@@H]3C2CC[C@]24CN(C)[C@@H](C)[C@H]2CC[C@@H]34)C1. The Bertz CT molecular complexity index is 913. The third kappa shape index (κ3) is 4.07. The van der Waals surface area contributed by atoms with Gasteiger partial charge in [0.05, 0.1) is 0 Å². The Morgan fingerprint density at radius 3 is 2.56 bits per heavy atom. The van der Waals surface area contributed by atoms with Gasteiger partial charge in [0.25, 0.3) is 0 Å². The van der Waals surface area contributed by atoms with Gasteiger partial charge in [-0.2, -0.15) is 0 Å². The van der Waals surface area contributed by atoms with Crippen molar-refractivity contribution in [2.45, 2.75) is 111 Å². The van der Waals surface area contributed by atoms with Gasteiger partial charge in [0.1, 0.15) is 6.04 Å². The quantitative estimate of drug-likeness (QED) is 0.527. The molecule has 5 rings (SSSR count). The van der Waals surface area contributed by atoms with E-state index < -0.39 is 6.04 Å². The van der Waals surface area contributed by atoms with E-state index in [9.17, 15) is 9.59 Å². The number of hydrogen-bond acceptors (Lipinski definition) is 3. The molecule has 1 aliphatic heterocycles. The average Bonchev–Trinajstić information content (AvgIpc) is 3.30. The van der Waals surface area contributed by atoms with E-state index in [1.54, 1.807) is 5.57 Å². The first kappa shape index (κ1) is 26.3. The fraction of sp³-hybridized carbons (Fsp3) is 0.871. The summed E-state index contributed by atoms with van der Waals surface area (Å²) >= 11 is 0. The molecule has 3 saturated carbocycles. The third-order valence-corrected chi connectivity index (χ3v) is 12.0. The second-order valence-corrected chi connectivity index (χ2v) is 14.1. The monoisotopic (exact) mass is 497 g/mol. The van der Waals surface area contributed by atoms with E-state index in [2.05, 4.69) is 51.0 Å². The van der Waals surface area contributed by atoms with E-state index in [0.29, 0.717) is 23.2 Å². The molecule has 1 spiro atoms. The number of hydrogen-bond donors (Lipinski definition) is 1. The number of likely N-dealkylation sites (N-methyl/N-ethyl adjacent to an activating group) is 1. The van der Waals surface area contributed by atoms with Crippen LogP contribution in [0.5, 0.6) is 0 Å². The van der Waals surface area contributed by atoms with Crippen molar-refractivity contribution in [1.82, 2.24) is 15.1 Å². The van der Waals surface area contributed by atoms with Gasteiger partial charge in [-0.15, -0.1) is 0 Å². The van der Waals surface area contributed by atoms with Crippen LogP contribution in [0, 0.1) is 40.4 Å². The average molecular weight is 498 g/mol. The minimum absolute atomic E-state index is 0.0814. The fourth-order valence-corrected chi connectivity index (χ4v) is 10.1. The largest absolute Gasteiger partial charge is 0.345 e. The zero-order valence-electron chi connectivity index (χ0n) is 24.0. The van der Waals surface area contributed by atoms with Crippen molar-refractivity contribution < 1.29 is 9.59 Å². The Kier molecular flexibility index (Phi) is 6.88. The number of amides is 2. The summed E-state index contributed by atoms with van der Waals surface area (Å²) in [6, 6.07) is 0.576. The molecule has 36 heavy (non-hydrogen) atoms. The number of rotatable bonds is 5. The van der Waals surface area contributed by atoms with Crippen molar-refractivity contribution in [3.8, 4) is 0 Å². The molecule has 4 fully saturated rings. The zero-order chi connectivity index (χ0) is 26.0. The van der Waals surface area contributed by atoms with Gasteiger partial charge >= 0.3 is 0 Å². The van der Waals surface area contributed by atoms with Gasteiger partial charge in [-0.05, 0) is 112 Å². The van der Waals surface area contributed by atoms with Gasteiger partial charge in [0.15, 0.2) is 0 Å². The highest BCUT2D eigenvalue weighted by Crippen LogP contribution is 2.68. The first-order valence-corrected chi connectivity index (χ1v) is 14.9. The van der Waals surface area contributed by atoms with Crippen LogP contribution in [0.2, 0.25) is 0 Å². The summed E-state index contributed by atoms with van der Waals surface area (Å²) in [5.74, 6) is 3.79. The highest BCUT2D eigenvalue weighted by atomic mass is 16.2. The molecule has 5 heteroatoms. The number of likely N-dealkylation sites (tertiary alicyclic amines) is 1. The minimum atomic E-state index is -0.415. The minimum Gasteiger partial charge on any atom is -0.345 e. The molecule has 0 aromatic carbocycles. The summed E-state index contributed by atoms with van der Waals surface area (Å²) in [6.07, 6.45) is 13.5. The number of carbonyl (C=O) groups is 2. The summed E-state index contributed by atoms with van der Waals surface area (Å²) in [5.41, 5.74) is 2.51. The number of allylic oxidation sites excluding steroid dienone is 1. The van der Waals surface area contributed by atoms with Crippen molar-refractivity contribution >= 4 is 11.8 Å². The topological polar surface area (TPSA) is 52.7 Å². The molecular formula is C31H51N3O2. The van der Waals surface area contributed by atoms with Crippen molar-refractivity contribution in [1.29, 1.82) is 0 Å². The van der Waals surface area contributed by atoms with E-state index in [-0.39, 0.29) is 17.9 Å². The predicted molar refractivity (Wildman–Crippen MR) is 145 cm³/mol. The molecular weight excluding hydrogens is 446 g/mol. The maximum absolute atomic E-state index is 13.5. The van der Waals surface area contributed by atoms with Crippen molar-refractivity contribution in [2.75, 3.05) is 20.6 Å². The first-order valence-electron chi connectivity index (χ1n) is 14.9. The van der Waals surface area contributed by atoms with E-state index in [1.165, 1.54) is 52.0 Å². The molecule has 202 valence electrons. The fourth-order valence-electron chi connectivity index (χ4n) is 10.1. The lowest BCUT2D eigenvalue weighted by atomic mass is 9.47. The molecule has 0 aromatic heterocycles. The van der Waals surface area contributed by atoms with Crippen LogP contribution in [0.15, 0.2) is 11.6 Å². The zero-order valence-corrected chi connectivity index (χ0v) is 24.0. The van der Waals surface area contributed by atoms with Crippen molar-refractivity contribution in [2.24, 2.45) is 40.4 Å². The number of nitrogens with zero attached hydrogens (tertiary/aromatic N) is 2. The van der Waals surface area contributed by atoms with Gasteiger partial charge in [-0.3, -0.25) is 9.59 Å². The molecule has 0 radical (unpaired) electrons. The van der Waals surface area contributed by atoms with Crippen molar-refractivity contribution in [3.63, 3.8) is 0 Å². The lowest BCUT2D eigenvalue weighted by Crippen LogP contribution is -2.54. The van der Waals surface area contributed by atoms with E-state index in [0.717, 1.165) is 42.6 Å². The van der Waals surface area contributed by atoms with Gasteiger partial charge in [-0.25, -0.2) is 0 Å². The van der Waals surface area contributed by atoms with Gasteiger partial charge in [-0.1, -0.05) is 32.4 Å². The number of carbonyl (C=O) groups excluding carboxylic acids is 2. The summed E-state index contributed by atoms with van der Waals surface area (Å²) < 4.78 is 0. The Morgan fingerprint density at radius 2 is 1.86 bits per heavy atom. The molecule has 9 atom stereocenters. The molecule has 1 saturated heterocycles. The van der Waals surface area contributed by atoms with E-state index >= 15 is 0 Å². The van der Waals surface area contributed by atoms with Crippen LogP contribution in [-0.2, 0) is 9.59 Å². The Balaban J connectivity index is 1.31. The molecule has 0 bridgehead atoms. The second kappa shape index (κ2) is 9.43. The molecule has 1 N–H and O–H groups in total. The standard InChI is InChI=1S/C31H51N3O2/c1-19(2)16-28(32-21(4)35)29(36)34(7)23-12-14-30(5)22(17-23)8-9-24-26(30)13-15-31-18-33(6)20(3)25(31)10-11-27(24)31/h8,19-20,23-28H,9-18H2,1-7H3,(H,32,35)/t20-,23-,24+,25+,26?,27-,28-,30-,31-/m0/s1. The smallest absolute Gasteiger partial charge is 0.245 e. The number of nitrogens with one attached hydrogen (secondary N) is 1. The maximum atomic E-state index is 13.5. The maximum Gasteiger partial charge on any atom is 0.245 e. The summed E-state index contributed by atoms with van der Waals surface area (Å²) in [6.45, 7) is 12.1. The van der Waals surface area contributed by atoms with Crippen LogP contribution in [0.1, 0.15) is 92.4 Å². The Morgan fingerprint density at radius 1 is 1.14 bits per heavy atom. The Hall–Kier alpha value is -1.36. The lowest BCUT2D eigenvalue weighted by Gasteiger charge is -2.58. The van der Waals surface area contributed by atoms with Gasteiger partial charge < -0.3 is 15.1 Å². The normalized spacial score (nSPS) is 42.6. The van der Waals surface area contributed by atoms with E-state index in [1.807, 2.05) is 11.9 Å². The Labute approximate surface area is 219 Å². The second-order valence-electron chi connectivity index (χ2n) is 14.1. The van der Waals surface area contributed by atoms with E-state index in [4.69, 9.17) is 0 Å². The molecule has 1 heterocycles. The summed E-state index contributed by atoms with van der Waals surface area (Å²) in [4.78, 5) is 29.9. The highest BCUT2D eigenvalue weighted by molar-refractivity contribution is 5.87. The third-order valence-electron chi connectivity index (χ3n) is 12.0. The van der Waals surface area contributed by atoms with Crippen LogP contribution in [0.25, 0.3) is 0 Å². The molecule has 5 nitrogen and oxygen atoms in total. The lowest BCUT2D eigenvalue weighted by molar-refractivity contribution is -0.138. The van der Waals surface area contributed by atoms with Crippen LogP contribution in [-0.4, -0.2) is 60.4 Å². The van der Waals surface area contributed by atoms with Crippen LogP contribution < -0.4 is 5.32 Å².